The van der Waals surface area contributed by atoms with Gasteiger partial charge >= 0.3 is 5.88 Å². The summed E-state index contributed by atoms with van der Waals surface area (Å²) in [5.41, 5.74) is 3.05. The van der Waals surface area contributed by atoms with Crippen LogP contribution in [0.5, 0.6) is 0 Å². The Bertz CT molecular complexity index is 1060. The van der Waals surface area contributed by atoms with Crippen LogP contribution >= 0.6 is 27.7 Å². The van der Waals surface area contributed by atoms with E-state index in [0.717, 1.165) is 16.2 Å². The Kier molecular flexibility index (Phi) is 7.00. The Morgan fingerprint density at radius 2 is 2.21 bits per heavy atom. The van der Waals surface area contributed by atoms with Crippen LogP contribution in [0.25, 0.3) is 0 Å². The van der Waals surface area contributed by atoms with Gasteiger partial charge in [-0.15, -0.1) is 4.41 Å². The molecule has 0 fully saturated rings. The molecule has 1 N–H and O–H groups in total. The minimum Gasteiger partial charge on any atom is -0.323 e. The average Bonchev–Trinajstić information content (AvgIpc) is 3.33. The molecule has 0 aliphatic carbocycles. The largest absolute Gasteiger partial charge is 0.323 e. The highest BCUT2D eigenvalue weighted by Gasteiger charge is 2.34. The standard InChI is InChI=1S/C14H12BrFN6O5S2/c1-17-21(29(24)25)4-5-28-14-12(18-27-20-14)13-19-26-11(7-23)22(13)8-2-3-10(16)9(15)6-8/h2-3,6,17,29H,4-5H2,1H3. The van der Waals surface area contributed by atoms with Crippen molar-refractivity contribution in [2.75, 3.05) is 24.2 Å². The van der Waals surface area contributed by atoms with Gasteiger partial charge in [-0.3, -0.25) is 0 Å². The zero-order chi connectivity index (χ0) is 21.0. The Balaban J connectivity index is 1.85. The minimum atomic E-state index is -2.78. The Labute approximate surface area is 177 Å². The lowest BCUT2D eigenvalue weighted by molar-refractivity contribution is 0.248. The van der Waals surface area contributed by atoms with Crippen LogP contribution in [0.15, 0.2) is 43.4 Å². The van der Waals surface area contributed by atoms with E-state index >= 15 is 0 Å². The lowest BCUT2D eigenvalue weighted by atomic mass is 10.2. The molecule has 15 heteroatoms. The normalized spacial score (nSPS) is 13.8. The molecule has 1 aromatic carbocycles. The second-order valence-corrected chi connectivity index (χ2v) is 8.09. The van der Waals surface area contributed by atoms with Crippen LogP contribution in [0.2, 0.25) is 0 Å². The van der Waals surface area contributed by atoms with E-state index in [2.05, 4.69) is 36.8 Å². The second kappa shape index (κ2) is 9.47. The number of benzene rings is 1. The van der Waals surface area contributed by atoms with E-state index in [1.54, 1.807) is 5.94 Å². The van der Waals surface area contributed by atoms with Crippen molar-refractivity contribution < 1.29 is 27.1 Å². The van der Waals surface area contributed by atoms with Crippen molar-refractivity contribution in [1.82, 2.24) is 20.2 Å². The van der Waals surface area contributed by atoms with E-state index in [-0.39, 0.29) is 28.4 Å². The highest BCUT2D eigenvalue weighted by molar-refractivity contribution is 9.10. The molecule has 0 amide bonds. The molecule has 3 rings (SSSR count). The maximum atomic E-state index is 13.6. The van der Waals surface area contributed by atoms with E-state index < -0.39 is 16.7 Å². The molecule has 0 saturated carbocycles. The van der Waals surface area contributed by atoms with Crippen molar-refractivity contribution in [2.24, 2.45) is 5.16 Å². The van der Waals surface area contributed by atoms with Crippen LogP contribution < -0.4 is 10.3 Å². The molecular weight excluding hydrogens is 495 g/mol. The maximum Gasteiger partial charge on any atom is 0.320 e. The van der Waals surface area contributed by atoms with Crippen LogP contribution in [0.4, 0.5) is 10.1 Å². The topological polar surface area (TPSA) is 130 Å². The van der Waals surface area contributed by atoms with E-state index in [1.807, 2.05) is 0 Å². The van der Waals surface area contributed by atoms with Gasteiger partial charge in [-0.25, -0.2) is 32.6 Å². The van der Waals surface area contributed by atoms with Crippen molar-refractivity contribution in [3.8, 4) is 0 Å². The third kappa shape index (κ3) is 4.66. The molecule has 1 aliphatic heterocycles. The number of thioether (sulfide) groups is 1. The summed E-state index contributed by atoms with van der Waals surface area (Å²) >= 11 is 4.24. The molecule has 0 saturated heterocycles. The Hall–Kier alpha value is -2.29. The third-order valence-corrected chi connectivity index (χ3v) is 5.88. The van der Waals surface area contributed by atoms with Crippen LogP contribution in [-0.2, 0) is 20.5 Å². The first kappa shape index (κ1) is 21.4. The van der Waals surface area contributed by atoms with Gasteiger partial charge < -0.3 is 4.84 Å². The summed E-state index contributed by atoms with van der Waals surface area (Å²) in [6.07, 6.45) is 0. The van der Waals surface area contributed by atoms with Crippen LogP contribution in [-0.4, -0.2) is 54.3 Å². The maximum absolute atomic E-state index is 13.6. The molecule has 0 unspecified atom stereocenters. The summed E-state index contributed by atoms with van der Waals surface area (Å²) in [4.78, 5) is 17.5. The smallest absolute Gasteiger partial charge is 0.320 e. The van der Waals surface area contributed by atoms with E-state index in [9.17, 15) is 17.6 Å². The molecule has 2 heterocycles. The fraction of sp³-hybridized carbons (Fsp3) is 0.214. The fourth-order valence-corrected chi connectivity index (χ4v) is 4.00. The fourth-order valence-electron chi connectivity index (χ4n) is 2.26. The van der Waals surface area contributed by atoms with Crippen LogP contribution in [0, 0.1) is 5.82 Å². The van der Waals surface area contributed by atoms with Gasteiger partial charge in [0.1, 0.15) is 5.82 Å². The van der Waals surface area contributed by atoms with Gasteiger partial charge in [-0.05, 0) is 51.5 Å². The number of aromatic nitrogens is 2. The summed E-state index contributed by atoms with van der Waals surface area (Å²) in [6, 6.07) is 4.04. The van der Waals surface area contributed by atoms with Gasteiger partial charge in [0, 0.05) is 12.3 Å². The molecule has 0 radical (unpaired) electrons. The van der Waals surface area contributed by atoms with Crippen molar-refractivity contribution in [2.45, 2.75) is 5.03 Å². The van der Waals surface area contributed by atoms with Gasteiger partial charge in [0.2, 0.25) is 16.7 Å². The summed E-state index contributed by atoms with van der Waals surface area (Å²) < 4.78 is 41.7. The van der Waals surface area contributed by atoms with Gasteiger partial charge in [0.25, 0.3) is 0 Å². The molecular formula is C14H12BrFN6O5S2. The van der Waals surface area contributed by atoms with E-state index in [4.69, 9.17) is 9.47 Å². The van der Waals surface area contributed by atoms with Crippen molar-refractivity contribution in [1.29, 1.82) is 0 Å². The van der Waals surface area contributed by atoms with Crippen LogP contribution in [0.3, 0.4) is 0 Å². The summed E-state index contributed by atoms with van der Waals surface area (Å²) in [5, 5.41) is 11.7. The molecule has 2 aromatic rings. The zero-order valence-electron chi connectivity index (χ0n) is 14.5. The number of hydrogen-bond acceptors (Lipinski definition) is 11. The summed E-state index contributed by atoms with van der Waals surface area (Å²) in [7, 11) is -1.30. The second-order valence-electron chi connectivity index (χ2n) is 5.20. The van der Waals surface area contributed by atoms with Gasteiger partial charge in [-0.1, -0.05) is 16.9 Å². The number of carbonyl (C=O) groups excluding carboxylic acids is 1. The predicted molar refractivity (Wildman–Crippen MR) is 105 cm³/mol. The molecule has 0 spiro atoms. The molecule has 0 atom stereocenters. The summed E-state index contributed by atoms with van der Waals surface area (Å²) in [5.74, 6) is 1.24. The van der Waals surface area contributed by atoms with Crippen LogP contribution in [0.1, 0.15) is 5.69 Å². The number of thiol groups is 1. The summed E-state index contributed by atoms with van der Waals surface area (Å²) in [6.45, 7) is 0.156. The number of halogens is 2. The highest BCUT2D eigenvalue weighted by Crippen LogP contribution is 2.32. The van der Waals surface area contributed by atoms with E-state index in [1.165, 1.54) is 30.1 Å². The van der Waals surface area contributed by atoms with Crippen molar-refractivity contribution in [3.63, 3.8) is 0 Å². The third-order valence-electron chi connectivity index (χ3n) is 3.55. The van der Waals surface area contributed by atoms with E-state index in [0.29, 0.717) is 16.5 Å². The number of amidine groups is 1. The molecule has 154 valence electrons. The first-order valence-corrected chi connectivity index (χ1v) is 10.7. The number of hydrazine groups is 1. The molecule has 11 nitrogen and oxygen atoms in total. The lowest BCUT2D eigenvalue weighted by Gasteiger charge is -2.16. The minimum absolute atomic E-state index is 0.0750. The van der Waals surface area contributed by atoms with Crippen molar-refractivity contribution in [3.05, 3.63) is 40.1 Å². The van der Waals surface area contributed by atoms with Gasteiger partial charge in [-0.2, -0.15) is 0 Å². The molecule has 1 aliphatic rings. The number of oxime groups is 1. The first-order valence-electron chi connectivity index (χ1n) is 7.76. The van der Waals surface area contributed by atoms with Gasteiger partial charge in [0.15, 0.2) is 16.7 Å². The highest BCUT2D eigenvalue weighted by atomic mass is 79.9. The lowest BCUT2D eigenvalue weighted by Crippen LogP contribution is -2.35. The Morgan fingerprint density at radius 1 is 1.41 bits per heavy atom. The Morgan fingerprint density at radius 3 is 2.86 bits per heavy atom. The molecule has 29 heavy (non-hydrogen) atoms. The number of rotatable bonds is 8. The first-order chi connectivity index (χ1) is 14.0. The number of anilines is 1. The predicted octanol–water partition coefficient (Wildman–Crippen LogP) is 0.897. The quantitative estimate of drug-likeness (QED) is 0.230. The zero-order valence-corrected chi connectivity index (χ0v) is 17.8. The van der Waals surface area contributed by atoms with Gasteiger partial charge in [0.05, 0.1) is 10.2 Å². The molecule has 0 bridgehead atoms. The number of nitrogens with one attached hydrogen (secondary N) is 1. The van der Waals surface area contributed by atoms with Crippen molar-refractivity contribution >= 4 is 56.0 Å². The number of nitrogens with zero attached hydrogens (tertiary/aromatic N) is 5. The SMILES string of the molecule is CNN(CCSc1nonc1C1=NOC(=C=O)N1c1ccc(F)c(Br)c1)[SH](=O)=O. The average molecular weight is 507 g/mol. The monoisotopic (exact) mass is 506 g/mol. The molecule has 1 aromatic heterocycles. The number of hydrogen-bond donors (Lipinski definition) is 2.